The van der Waals surface area contributed by atoms with Crippen LogP contribution in [0, 0.1) is 0 Å². The van der Waals surface area contributed by atoms with Crippen LogP contribution in [0.4, 0.5) is 0 Å². The fourth-order valence-corrected chi connectivity index (χ4v) is 4.64. The van der Waals surface area contributed by atoms with Crippen molar-refractivity contribution in [3.63, 3.8) is 0 Å². The lowest BCUT2D eigenvalue weighted by Gasteiger charge is -2.16. The van der Waals surface area contributed by atoms with Gasteiger partial charge < -0.3 is 5.32 Å². The third kappa shape index (κ3) is 3.81. The number of amides is 1. The van der Waals surface area contributed by atoms with Crippen molar-refractivity contribution in [1.82, 2.24) is 15.1 Å². The first-order valence-electron chi connectivity index (χ1n) is 10.4. The molecule has 0 aliphatic rings. The maximum Gasteiger partial charge on any atom is 0.275 e. The van der Waals surface area contributed by atoms with Gasteiger partial charge in [0, 0.05) is 5.39 Å². The van der Waals surface area contributed by atoms with Gasteiger partial charge in [-0.25, -0.2) is 4.68 Å². The molecule has 0 saturated heterocycles. The predicted molar refractivity (Wildman–Crippen MR) is 130 cm³/mol. The zero-order valence-corrected chi connectivity index (χ0v) is 18.3. The minimum atomic E-state index is -0.269. The van der Waals surface area contributed by atoms with Crippen molar-refractivity contribution in [1.29, 1.82) is 0 Å². The van der Waals surface area contributed by atoms with Gasteiger partial charge in [0.2, 0.25) is 5.91 Å². The largest absolute Gasteiger partial charge is 0.348 e. The molecule has 6 heteroatoms. The summed E-state index contributed by atoms with van der Waals surface area (Å²) in [7, 11) is 0. The Morgan fingerprint density at radius 3 is 2.50 bits per heavy atom. The molecule has 1 atom stereocenters. The highest BCUT2D eigenvalue weighted by molar-refractivity contribution is 7.13. The van der Waals surface area contributed by atoms with E-state index in [2.05, 4.69) is 34.7 Å². The summed E-state index contributed by atoms with van der Waals surface area (Å²) in [5, 5.41) is 13.2. The van der Waals surface area contributed by atoms with E-state index in [1.54, 1.807) is 17.4 Å². The summed E-state index contributed by atoms with van der Waals surface area (Å²) in [6.07, 6.45) is 0. The summed E-state index contributed by atoms with van der Waals surface area (Å²) in [5.74, 6) is -0.257. The average Bonchev–Trinajstić information content (AvgIpc) is 3.35. The van der Waals surface area contributed by atoms with E-state index >= 15 is 0 Å². The number of thiophene rings is 1. The molecule has 0 aliphatic carbocycles. The molecule has 0 saturated carbocycles. The van der Waals surface area contributed by atoms with Crippen LogP contribution in [-0.2, 0) is 11.3 Å². The smallest absolute Gasteiger partial charge is 0.275 e. The topological polar surface area (TPSA) is 64.0 Å². The Morgan fingerprint density at radius 1 is 0.969 bits per heavy atom. The number of rotatable bonds is 5. The molecular weight excluding hydrogens is 418 g/mol. The van der Waals surface area contributed by atoms with Gasteiger partial charge in [-0.05, 0) is 46.8 Å². The third-order valence-corrected chi connectivity index (χ3v) is 6.44. The van der Waals surface area contributed by atoms with Gasteiger partial charge in [-0.2, -0.15) is 5.10 Å². The molecule has 5 aromatic rings. The number of aromatic nitrogens is 2. The normalized spacial score (nSPS) is 12.2. The fourth-order valence-electron chi connectivity index (χ4n) is 3.92. The summed E-state index contributed by atoms with van der Waals surface area (Å²) in [6, 6.07) is 25.4. The number of nitrogens with one attached hydrogen (secondary N) is 1. The molecule has 0 spiro atoms. The Balaban J connectivity index is 1.43. The van der Waals surface area contributed by atoms with Gasteiger partial charge in [0.25, 0.3) is 5.56 Å². The van der Waals surface area contributed by atoms with E-state index in [-0.39, 0.29) is 24.1 Å². The maximum absolute atomic E-state index is 13.0. The molecule has 2 aromatic heterocycles. The average molecular weight is 440 g/mol. The molecule has 5 nitrogen and oxygen atoms in total. The van der Waals surface area contributed by atoms with E-state index in [0.717, 1.165) is 26.6 Å². The number of fused-ring (bicyclic) bond motifs is 2. The lowest BCUT2D eigenvalue weighted by Crippen LogP contribution is -2.35. The Kier molecular flexibility index (Phi) is 5.29. The van der Waals surface area contributed by atoms with Crippen molar-refractivity contribution >= 4 is 38.8 Å². The number of hydrogen-bond acceptors (Lipinski definition) is 4. The van der Waals surface area contributed by atoms with Gasteiger partial charge in [-0.15, -0.1) is 11.3 Å². The van der Waals surface area contributed by atoms with E-state index in [4.69, 9.17) is 0 Å². The molecule has 0 radical (unpaired) electrons. The van der Waals surface area contributed by atoms with Crippen molar-refractivity contribution in [2.75, 3.05) is 0 Å². The molecule has 2 heterocycles. The number of carbonyl (C=O) groups is 1. The molecule has 1 N–H and O–H groups in total. The van der Waals surface area contributed by atoms with Gasteiger partial charge in [0.1, 0.15) is 12.2 Å². The third-order valence-electron chi connectivity index (χ3n) is 5.57. The van der Waals surface area contributed by atoms with Crippen molar-refractivity contribution in [3.8, 4) is 10.6 Å². The number of carbonyl (C=O) groups excluding carboxylic acids is 1. The van der Waals surface area contributed by atoms with Crippen LogP contribution < -0.4 is 10.9 Å². The number of hydrogen-bond donors (Lipinski definition) is 1. The molecular formula is C26H21N3O2S. The van der Waals surface area contributed by atoms with Crippen molar-refractivity contribution in [3.05, 3.63) is 100 Å². The van der Waals surface area contributed by atoms with Crippen molar-refractivity contribution < 1.29 is 4.79 Å². The highest BCUT2D eigenvalue weighted by Gasteiger charge is 2.16. The van der Waals surface area contributed by atoms with Gasteiger partial charge in [-0.3, -0.25) is 9.59 Å². The van der Waals surface area contributed by atoms with Crippen molar-refractivity contribution in [2.24, 2.45) is 0 Å². The van der Waals surface area contributed by atoms with E-state index < -0.39 is 0 Å². The van der Waals surface area contributed by atoms with Crippen molar-refractivity contribution in [2.45, 2.75) is 19.5 Å². The highest BCUT2D eigenvalue weighted by Crippen LogP contribution is 2.28. The Bertz CT molecular complexity index is 1490. The Hall–Kier alpha value is -3.77. The van der Waals surface area contributed by atoms with Crippen LogP contribution in [0.25, 0.3) is 32.1 Å². The lowest BCUT2D eigenvalue weighted by molar-refractivity contribution is -0.122. The summed E-state index contributed by atoms with van der Waals surface area (Å²) in [6.45, 7) is 1.80. The molecule has 5 rings (SSSR count). The first-order chi connectivity index (χ1) is 15.6. The molecule has 158 valence electrons. The van der Waals surface area contributed by atoms with Crippen LogP contribution in [0.1, 0.15) is 18.5 Å². The molecule has 3 aromatic carbocycles. The minimum absolute atomic E-state index is 0.139. The van der Waals surface area contributed by atoms with E-state index in [1.165, 1.54) is 4.68 Å². The zero-order valence-electron chi connectivity index (χ0n) is 17.5. The molecule has 0 fully saturated rings. The molecule has 1 amide bonds. The minimum Gasteiger partial charge on any atom is -0.348 e. The number of benzene rings is 3. The maximum atomic E-state index is 13.0. The second-order valence-electron chi connectivity index (χ2n) is 7.73. The molecule has 0 aliphatic heterocycles. The van der Waals surface area contributed by atoms with Crippen LogP contribution in [0.5, 0.6) is 0 Å². The number of nitrogens with zero attached hydrogens (tertiary/aromatic N) is 2. The lowest BCUT2D eigenvalue weighted by atomic mass is 10.0. The SMILES string of the molecule is CC(NC(=O)Cn1nc(-c2cccs2)c2ccccc2c1=O)c1ccc2ccccc2c1. The van der Waals surface area contributed by atoms with Crippen LogP contribution in [0.2, 0.25) is 0 Å². The van der Waals surface area contributed by atoms with E-state index in [1.807, 2.05) is 60.8 Å². The Morgan fingerprint density at radius 2 is 1.72 bits per heavy atom. The standard InChI is InChI=1S/C26H21N3O2S/c1-17(19-13-12-18-7-2-3-8-20(18)15-19)27-24(30)16-29-26(31)22-10-5-4-9-21(22)25(28-29)23-11-6-14-32-23/h2-15,17H,16H2,1H3,(H,27,30). The Labute approximate surface area is 188 Å². The van der Waals surface area contributed by atoms with Gasteiger partial charge in [-0.1, -0.05) is 60.7 Å². The second-order valence-corrected chi connectivity index (χ2v) is 8.68. The van der Waals surface area contributed by atoms with E-state index in [0.29, 0.717) is 11.1 Å². The first kappa shape index (κ1) is 20.2. The van der Waals surface area contributed by atoms with Crippen LogP contribution in [0.15, 0.2) is 89.0 Å². The zero-order chi connectivity index (χ0) is 22.1. The highest BCUT2D eigenvalue weighted by atomic mass is 32.1. The molecule has 0 bridgehead atoms. The van der Waals surface area contributed by atoms with Crippen LogP contribution >= 0.6 is 11.3 Å². The quantitative estimate of drug-likeness (QED) is 0.412. The molecule has 1 unspecified atom stereocenters. The first-order valence-corrected chi connectivity index (χ1v) is 11.3. The summed E-state index contributed by atoms with van der Waals surface area (Å²) in [5.41, 5.74) is 1.45. The summed E-state index contributed by atoms with van der Waals surface area (Å²) in [4.78, 5) is 26.8. The van der Waals surface area contributed by atoms with Gasteiger partial charge in [0.05, 0.1) is 16.3 Å². The predicted octanol–water partition coefficient (Wildman–Crippen LogP) is 5.16. The van der Waals surface area contributed by atoms with Gasteiger partial charge in [0.15, 0.2) is 0 Å². The fraction of sp³-hybridized carbons (Fsp3) is 0.115. The molecule has 32 heavy (non-hydrogen) atoms. The summed E-state index contributed by atoms with van der Waals surface area (Å²) < 4.78 is 1.26. The monoisotopic (exact) mass is 439 g/mol. The summed E-state index contributed by atoms with van der Waals surface area (Å²) >= 11 is 1.55. The van der Waals surface area contributed by atoms with Crippen LogP contribution in [0.3, 0.4) is 0 Å². The van der Waals surface area contributed by atoms with E-state index in [9.17, 15) is 9.59 Å². The van der Waals surface area contributed by atoms with Gasteiger partial charge >= 0.3 is 0 Å². The van der Waals surface area contributed by atoms with Crippen LogP contribution in [-0.4, -0.2) is 15.7 Å². The second kappa shape index (κ2) is 8.40.